The summed E-state index contributed by atoms with van der Waals surface area (Å²) in [6.45, 7) is 6.47. The van der Waals surface area contributed by atoms with E-state index in [9.17, 15) is 9.90 Å². The van der Waals surface area contributed by atoms with Crippen LogP contribution in [0.2, 0.25) is 0 Å². The number of carboxylic acid groups (broad SMARTS) is 1. The van der Waals surface area contributed by atoms with Crippen molar-refractivity contribution in [1.82, 2.24) is 0 Å². The third-order valence-electron chi connectivity index (χ3n) is 4.65. The van der Waals surface area contributed by atoms with Gasteiger partial charge in [0.2, 0.25) is 0 Å². The molecule has 0 rings (SSSR count). The van der Waals surface area contributed by atoms with Gasteiger partial charge in [0.1, 0.15) is 0 Å². The molecule has 1 atom stereocenters. The first-order chi connectivity index (χ1) is 9.63. The van der Waals surface area contributed by atoms with Crippen LogP contribution in [0.15, 0.2) is 0 Å². The second kappa shape index (κ2) is 15.7. The van der Waals surface area contributed by atoms with Gasteiger partial charge < -0.3 is 5.11 Å². The zero-order chi connectivity index (χ0) is 15.3. The van der Waals surface area contributed by atoms with Crippen molar-refractivity contribution in [3.8, 4) is 0 Å². The third-order valence-corrected chi connectivity index (χ3v) is 4.65. The van der Waals surface area contributed by atoms with Crippen molar-refractivity contribution in [1.29, 1.82) is 0 Å². The zero-order valence-electron chi connectivity index (χ0n) is 14.5. The molecule has 0 saturated heterocycles. The van der Waals surface area contributed by atoms with Crippen molar-refractivity contribution >= 4 is 5.97 Å². The van der Waals surface area contributed by atoms with E-state index < -0.39 is 11.4 Å². The minimum absolute atomic E-state index is 0. The van der Waals surface area contributed by atoms with Crippen LogP contribution >= 0.6 is 0 Å². The van der Waals surface area contributed by atoms with E-state index in [-0.39, 0.29) is 40.8 Å². The van der Waals surface area contributed by atoms with E-state index in [0.29, 0.717) is 0 Å². The van der Waals surface area contributed by atoms with Crippen LogP contribution in [0.4, 0.5) is 0 Å². The molecule has 3 heteroatoms. The number of unbranched alkanes of at least 4 members (excludes halogenated alkanes) is 8. The average molecular weight is 429 g/mol. The summed E-state index contributed by atoms with van der Waals surface area (Å²) in [5.41, 5.74) is -0.446. The molecule has 2 nitrogen and oxygen atoms in total. The van der Waals surface area contributed by atoms with Crippen LogP contribution in [-0.4, -0.2) is 11.1 Å². The number of hydrogen-bond donors (Lipinski definition) is 1. The summed E-state index contributed by atoms with van der Waals surface area (Å²) in [5.74, 6) is -0.565. The Morgan fingerprint density at radius 1 is 0.762 bits per heavy atom. The van der Waals surface area contributed by atoms with Crippen LogP contribution in [0.5, 0.6) is 0 Å². The van der Waals surface area contributed by atoms with Gasteiger partial charge in [-0.05, 0) is 19.3 Å². The maximum Gasteiger partial charge on any atom is 0.309 e. The monoisotopic (exact) mass is 426 g/mol. The standard InChI is InChI=1S/C18H36O2.Nd/c1-4-7-9-11-12-14-16-18(6-3,17(19)20)15-13-10-8-5-2;/h4-16H2,1-3H3,(H,19,20);. The zero-order valence-corrected chi connectivity index (χ0v) is 17.8. The van der Waals surface area contributed by atoms with Gasteiger partial charge in [0.25, 0.3) is 0 Å². The van der Waals surface area contributed by atoms with Gasteiger partial charge in [-0.15, -0.1) is 0 Å². The molecule has 1 unspecified atom stereocenters. The molecule has 0 amide bonds. The number of aliphatic carboxylic acids is 1. The number of hydrogen-bond acceptors (Lipinski definition) is 1. The summed E-state index contributed by atoms with van der Waals surface area (Å²) in [7, 11) is 0. The van der Waals surface area contributed by atoms with Crippen molar-refractivity contribution in [2.45, 2.75) is 104 Å². The molecule has 0 bridgehead atoms. The fourth-order valence-electron chi connectivity index (χ4n) is 2.98. The summed E-state index contributed by atoms with van der Waals surface area (Å²) >= 11 is 0. The Labute approximate surface area is 165 Å². The molecule has 1 N–H and O–H groups in total. The summed E-state index contributed by atoms with van der Waals surface area (Å²) < 4.78 is 0. The first-order valence-electron chi connectivity index (χ1n) is 8.86. The molecule has 0 spiro atoms. The number of carbonyl (C=O) groups is 1. The molecule has 0 aliphatic heterocycles. The minimum atomic E-state index is -0.565. The predicted octanol–water partition coefficient (Wildman–Crippen LogP) is 6.19. The molecule has 0 radical (unpaired) electrons. The van der Waals surface area contributed by atoms with Crippen LogP contribution in [0.25, 0.3) is 0 Å². The van der Waals surface area contributed by atoms with Crippen molar-refractivity contribution in [2.75, 3.05) is 0 Å². The third kappa shape index (κ3) is 11.1. The molecular formula is C18H36NdO2. The fraction of sp³-hybridized carbons (Fsp3) is 0.944. The van der Waals surface area contributed by atoms with Crippen molar-refractivity contribution in [3.63, 3.8) is 0 Å². The molecule has 0 aliphatic rings. The maximum absolute atomic E-state index is 11.7. The van der Waals surface area contributed by atoms with E-state index in [1.165, 1.54) is 51.4 Å². The summed E-state index contributed by atoms with van der Waals surface area (Å²) in [4.78, 5) is 11.7. The molecule has 0 aromatic rings. The molecule has 0 aromatic carbocycles. The Morgan fingerprint density at radius 3 is 1.52 bits per heavy atom. The number of carboxylic acids is 1. The van der Waals surface area contributed by atoms with Crippen LogP contribution in [-0.2, 0) is 4.79 Å². The molecule has 0 aromatic heterocycles. The average Bonchev–Trinajstić information content (AvgIpc) is 2.44. The van der Waals surface area contributed by atoms with Gasteiger partial charge in [0, 0.05) is 40.8 Å². The van der Waals surface area contributed by atoms with Gasteiger partial charge in [-0.3, -0.25) is 4.79 Å². The Balaban J connectivity index is 0. The Morgan fingerprint density at radius 2 is 1.14 bits per heavy atom. The van der Waals surface area contributed by atoms with Crippen LogP contribution in [0.1, 0.15) is 104 Å². The van der Waals surface area contributed by atoms with E-state index in [2.05, 4.69) is 13.8 Å². The van der Waals surface area contributed by atoms with E-state index in [4.69, 9.17) is 0 Å². The Kier molecular flexibility index (Phi) is 18.0. The minimum Gasteiger partial charge on any atom is -0.481 e. The first kappa shape index (κ1) is 24.1. The normalized spacial score (nSPS) is 13.5. The largest absolute Gasteiger partial charge is 0.481 e. The fourth-order valence-corrected chi connectivity index (χ4v) is 2.98. The van der Waals surface area contributed by atoms with Crippen molar-refractivity contribution < 1.29 is 50.7 Å². The van der Waals surface area contributed by atoms with Crippen molar-refractivity contribution in [3.05, 3.63) is 0 Å². The van der Waals surface area contributed by atoms with Gasteiger partial charge >= 0.3 is 5.97 Å². The van der Waals surface area contributed by atoms with Gasteiger partial charge in [-0.2, -0.15) is 0 Å². The Bertz CT molecular complexity index is 243. The second-order valence-corrected chi connectivity index (χ2v) is 6.27. The molecular weight excluding hydrogens is 392 g/mol. The van der Waals surface area contributed by atoms with E-state index in [1.807, 2.05) is 6.92 Å². The predicted molar refractivity (Wildman–Crippen MR) is 87.1 cm³/mol. The smallest absolute Gasteiger partial charge is 0.309 e. The molecule has 21 heavy (non-hydrogen) atoms. The molecule has 0 fully saturated rings. The summed E-state index contributed by atoms with van der Waals surface area (Å²) in [6.07, 6.45) is 14.7. The number of rotatable bonds is 14. The summed E-state index contributed by atoms with van der Waals surface area (Å²) in [6, 6.07) is 0. The van der Waals surface area contributed by atoms with Crippen LogP contribution in [0.3, 0.4) is 0 Å². The van der Waals surface area contributed by atoms with Gasteiger partial charge in [0.15, 0.2) is 0 Å². The summed E-state index contributed by atoms with van der Waals surface area (Å²) in [5, 5.41) is 9.62. The molecule has 0 aliphatic carbocycles. The van der Waals surface area contributed by atoms with Crippen LogP contribution in [0, 0.1) is 46.3 Å². The van der Waals surface area contributed by atoms with Crippen LogP contribution < -0.4 is 0 Å². The van der Waals surface area contributed by atoms with Gasteiger partial charge in [0.05, 0.1) is 5.41 Å². The van der Waals surface area contributed by atoms with Gasteiger partial charge in [-0.25, -0.2) is 0 Å². The maximum atomic E-state index is 11.7. The molecule has 0 heterocycles. The van der Waals surface area contributed by atoms with Gasteiger partial charge in [-0.1, -0.05) is 85.0 Å². The van der Waals surface area contributed by atoms with E-state index in [0.717, 1.165) is 32.1 Å². The first-order valence-corrected chi connectivity index (χ1v) is 8.86. The Hall–Kier alpha value is 0.821. The van der Waals surface area contributed by atoms with E-state index >= 15 is 0 Å². The van der Waals surface area contributed by atoms with Crippen molar-refractivity contribution in [2.24, 2.45) is 5.41 Å². The van der Waals surface area contributed by atoms with E-state index in [1.54, 1.807) is 0 Å². The molecule has 124 valence electrons. The SMILES string of the molecule is CCCCCCCCC(CC)(CCCCCC)C(=O)O.[Nd]. The topological polar surface area (TPSA) is 37.3 Å². The molecule has 0 saturated carbocycles. The quantitative estimate of drug-likeness (QED) is 0.335. The second-order valence-electron chi connectivity index (χ2n) is 6.27.